The first-order valence-electron chi connectivity index (χ1n) is 8.78. The van der Waals surface area contributed by atoms with Gasteiger partial charge in [-0.15, -0.1) is 0 Å². The molecule has 6 heteroatoms. The van der Waals surface area contributed by atoms with Crippen LogP contribution < -0.4 is 20.9 Å². The van der Waals surface area contributed by atoms with Crippen molar-refractivity contribution in [2.75, 3.05) is 17.7 Å². The third kappa shape index (κ3) is 3.15. The van der Waals surface area contributed by atoms with E-state index >= 15 is 0 Å². The highest BCUT2D eigenvalue weighted by Crippen LogP contribution is 2.35. The molecule has 4 N–H and O–H groups in total. The molecule has 1 amide bonds. The first-order valence-corrected chi connectivity index (χ1v) is 8.78. The van der Waals surface area contributed by atoms with Crippen LogP contribution in [0.4, 0.5) is 11.4 Å². The van der Waals surface area contributed by atoms with Crippen LogP contribution in [0.2, 0.25) is 0 Å². The molecule has 0 bridgehead atoms. The molecule has 138 valence electrons. The third-order valence-electron chi connectivity index (χ3n) is 5.10. The molecule has 1 aliphatic heterocycles. The van der Waals surface area contributed by atoms with Gasteiger partial charge < -0.3 is 15.4 Å². The number of hydroxylamine groups is 1. The molecule has 4 rings (SSSR count). The van der Waals surface area contributed by atoms with E-state index in [1.54, 1.807) is 24.7 Å². The maximum atomic E-state index is 11.6. The van der Waals surface area contributed by atoms with Crippen molar-refractivity contribution in [3.05, 3.63) is 65.7 Å². The number of methoxy groups -OCH3 is 1. The van der Waals surface area contributed by atoms with Gasteiger partial charge in [0.15, 0.2) is 0 Å². The number of amides is 1. The topological polar surface area (TPSA) is 82.6 Å². The Bertz CT molecular complexity index is 1020. The van der Waals surface area contributed by atoms with Gasteiger partial charge in [-0.1, -0.05) is 31.2 Å². The summed E-state index contributed by atoms with van der Waals surface area (Å²) in [5.41, 5.74) is 5.05. The van der Waals surface area contributed by atoms with Crippen LogP contribution in [-0.2, 0) is 0 Å². The van der Waals surface area contributed by atoms with Gasteiger partial charge in [-0.2, -0.15) is 0 Å². The predicted molar refractivity (Wildman–Crippen MR) is 106 cm³/mol. The SMILES string of the molecule is COc1ccc2cc([C@H](C)C3Nc4ccc(C(=O)NO)cc4N3)ccc2c1. The summed E-state index contributed by atoms with van der Waals surface area (Å²) in [4.78, 5) is 11.6. The lowest BCUT2D eigenvalue weighted by Gasteiger charge is -2.21. The summed E-state index contributed by atoms with van der Waals surface area (Å²) in [6.45, 7) is 2.16. The number of benzene rings is 3. The maximum Gasteiger partial charge on any atom is 0.274 e. The predicted octanol–water partition coefficient (Wildman–Crippen LogP) is 3.93. The monoisotopic (exact) mass is 363 g/mol. The molecule has 0 fully saturated rings. The Balaban J connectivity index is 1.57. The molecule has 0 aromatic heterocycles. The molecule has 3 aromatic carbocycles. The Morgan fingerprint density at radius 2 is 1.78 bits per heavy atom. The van der Waals surface area contributed by atoms with Gasteiger partial charge >= 0.3 is 0 Å². The van der Waals surface area contributed by atoms with Crippen LogP contribution in [0.5, 0.6) is 5.75 Å². The van der Waals surface area contributed by atoms with Crippen molar-refractivity contribution in [2.45, 2.75) is 19.0 Å². The minimum Gasteiger partial charge on any atom is -0.497 e. The smallest absolute Gasteiger partial charge is 0.274 e. The zero-order valence-corrected chi connectivity index (χ0v) is 15.1. The van der Waals surface area contributed by atoms with E-state index in [0.717, 1.165) is 27.9 Å². The van der Waals surface area contributed by atoms with Crippen LogP contribution in [0.3, 0.4) is 0 Å². The second-order valence-corrected chi connectivity index (χ2v) is 6.73. The highest BCUT2D eigenvalue weighted by molar-refractivity contribution is 5.96. The molecular formula is C21H21N3O3. The Kier molecular flexibility index (Phi) is 4.33. The number of carbonyl (C=O) groups excluding carboxylic acids is 1. The average molecular weight is 363 g/mol. The van der Waals surface area contributed by atoms with Gasteiger partial charge in [-0.25, -0.2) is 5.48 Å². The Hall–Kier alpha value is -3.25. The van der Waals surface area contributed by atoms with E-state index in [1.165, 1.54) is 5.56 Å². The van der Waals surface area contributed by atoms with Gasteiger partial charge in [0.1, 0.15) is 11.9 Å². The standard InChI is InChI=1S/C21H21N3O3/c1-12(13-3-4-15-10-17(27-2)7-5-14(15)9-13)20-22-18-8-6-16(21(25)24-26)11-19(18)23-20/h3-12,20,22-23,26H,1-2H3,(H,24,25)/t12-,20?/m0/s1. The molecule has 0 radical (unpaired) electrons. The fourth-order valence-corrected chi connectivity index (χ4v) is 3.46. The second kappa shape index (κ2) is 6.81. The summed E-state index contributed by atoms with van der Waals surface area (Å²) < 4.78 is 5.29. The summed E-state index contributed by atoms with van der Waals surface area (Å²) in [5, 5.41) is 18.0. The van der Waals surface area contributed by atoms with Gasteiger partial charge in [0.05, 0.1) is 18.5 Å². The van der Waals surface area contributed by atoms with E-state index in [0.29, 0.717) is 5.56 Å². The Morgan fingerprint density at radius 1 is 1.04 bits per heavy atom. The zero-order valence-electron chi connectivity index (χ0n) is 15.1. The van der Waals surface area contributed by atoms with Crippen LogP contribution in [-0.4, -0.2) is 24.4 Å². The summed E-state index contributed by atoms with van der Waals surface area (Å²) >= 11 is 0. The first-order chi connectivity index (χ1) is 13.1. The van der Waals surface area contributed by atoms with Crippen LogP contribution in [0, 0.1) is 0 Å². The van der Waals surface area contributed by atoms with E-state index < -0.39 is 5.91 Å². The maximum absolute atomic E-state index is 11.6. The van der Waals surface area contributed by atoms with E-state index in [4.69, 9.17) is 9.94 Å². The molecule has 0 aliphatic carbocycles. The molecule has 27 heavy (non-hydrogen) atoms. The lowest BCUT2D eigenvalue weighted by Crippen LogP contribution is -2.28. The molecule has 6 nitrogen and oxygen atoms in total. The quantitative estimate of drug-likeness (QED) is 0.417. The summed E-state index contributed by atoms with van der Waals surface area (Å²) in [6.07, 6.45) is 0.00290. The second-order valence-electron chi connectivity index (χ2n) is 6.73. The van der Waals surface area contributed by atoms with Crippen molar-refractivity contribution in [1.29, 1.82) is 0 Å². The van der Waals surface area contributed by atoms with E-state index in [-0.39, 0.29) is 12.1 Å². The summed E-state index contributed by atoms with van der Waals surface area (Å²) in [7, 11) is 1.67. The van der Waals surface area contributed by atoms with Gasteiger partial charge in [-0.05, 0) is 46.7 Å². The minimum absolute atomic E-state index is 0.00290. The Morgan fingerprint density at radius 3 is 2.56 bits per heavy atom. The number of ether oxygens (including phenoxy) is 1. The van der Waals surface area contributed by atoms with Crippen molar-refractivity contribution in [3.63, 3.8) is 0 Å². The minimum atomic E-state index is -0.527. The van der Waals surface area contributed by atoms with Crippen LogP contribution in [0.15, 0.2) is 54.6 Å². The van der Waals surface area contributed by atoms with Crippen LogP contribution >= 0.6 is 0 Å². The van der Waals surface area contributed by atoms with Crippen molar-refractivity contribution in [1.82, 2.24) is 5.48 Å². The fourth-order valence-electron chi connectivity index (χ4n) is 3.46. The van der Waals surface area contributed by atoms with Crippen LogP contribution in [0.1, 0.15) is 28.8 Å². The molecule has 0 spiro atoms. The lowest BCUT2D eigenvalue weighted by atomic mass is 9.95. The van der Waals surface area contributed by atoms with Gasteiger partial charge in [0.2, 0.25) is 0 Å². The Labute approximate surface area is 157 Å². The molecule has 0 saturated carbocycles. The largest absolute Gasteiger partial charge is 0.497 e. The normalized spacial score (nSPS) is 16.2. The highest BCUT2D eigenvalue weighted by atomic mass is 16.5. The molecule has 1 aliphatic rings. The number of carbonyl (C=O) groups is 1. The van der Waals surface area contributed by atoms with Gasteiger partial charge in [-0.3, -0.25) is 10.0 Å². The van der Waals surface area contributed by atoms with Gasteiger partial charge in [0, 0.05) is 11.5 Å². The third-order valence-corrected chi connectivity index (χ3v) is 5.10. The number of nitrogens with one attached hydrogen (secondary N) is 3. The van der Waals surface area contributed by atoms with Gasteiger partial charge in [0.25, 0.3) is 5.91 Å². The molecule has 1 heterocycles. The lowest BCUT2D eigenvalue weighted by molar-refractivity contribution is 0.0706. The van der Waals surface area contributed by atoms with Crippen molar-refractivity contribution in [2.24, 2.45) is 0 Å². The van der Waals surface area contributed by atoms with Crippen molar-refractivity contribution >= 4 is 28.1 Å². The number of hydrogen-bond donors (Lipinski definition) is 4. The molecule has 2 atom stereocenters. The first kappa shape index (κ1) is 17.2. The van der Waals surface area contributed by atoms with Crippen molar-refractivity contribution in [3.8, 4) is 5.75 Å². The van der Waals surface area contributed by atoms with E-state index in [9.17, 15) is 4.79 Å². The zero-order chi connectivity index (χ0) is 19.0. The number of anilines is 2. The number of rotatable bonds is 4. The fraction of sp³-hybridized carbons (Fsp3) is 0.190. The molecule has 0 saturated heterocycles. The van der Waals surface area contributed by atoms with Crippen molar-refractivity contribution < 1.29 is 14.7 Å². The van der Waals surface area contributed by atoms with E-state index in [1.807, 2.05) is 18.2 Å². The molecular weight excluding hydrogens is 342 g/mol. The number of fused-ring (bicyclic) bond motifs is 2. The highest BCUT2D eigenvalue weighted by Gasteiger charge is 2.26. The molecule has 3 aromatic rings. The number of hydrogen-bond acceptors (Lipinski definition) is 5. The average Bonchev–Trinajstić information content (AvgIpc) is 3.15. The van der Waals surface area contributed by atoms with E-state index in [2.05, 4.69) is 41.8 Å². The van der Waals surface area contributed by atoms with Crippen LogP contribution in [0.25, 0.3) is 10.8 Å². The molecule has 1 unspecified atom stereocenters. The summed E-state index contributed by atoms with van der Waals surface area (Å²) in [6, 6.07) is 17.7. The summed E-state index contributed by atoms with van der Waals surface area (Å²) in [5.74, 6) is 0.515.